The number of ether oxygens (including phenoxy) is 3. The number of methoxy groups -OCH3 is 3. The third kappa shape index (κ3) is 4.85. The zero-order valence-electron chi connectivity index (χ0n) is 19.9. The van der Waals surface area contributed by atoms with Gasteiger partial charge in [-0.25, -0.2) is 9.78 Å². The number of amides is 1. The molecule has 12 heteroatoms. The third-order valence-corrected chi connectivity index (χ3v) is 6.56. The van der Waals surface area contributed by atoms with Crippen molar-refractivity contribution in [2.75, 3.05) is 26.6 Å². The number of carboxylic acid groups (broad SMARTS) is 1. The molecule has 0 fully saturated rings. The molecule has 1 aliphatic rings. The molecule has 1 aliphatic heterocycles. The van der Waals surface area contributed by atoms with Crippen LogP contribution in [0.4, 0.5) is 5.69 Å². The Morgan fingerprint density at radius 3 is 2.43 bits per heavy atom. The van der Waals surface area contributed by atoms with E-state index in [2.05, 4.69) is 10.3 Å². The highest BCUT2D eigenvalue weighted by atomic mass is 35.5. The van der Waals surface area contributed by atoms with Crippen LogP contribution in [-0.2, 0) is 16.1 Å². The number of carboxylic acids is 1. The van der Waals surface area contributed by atoms with Crippen molar-refractivity contribution in [3.63, 3.8) is 0 Å². The average molecular weight is 546 g/mol. The number of halogens is 2. The molecule has 2 N–H and O–H groups in total. The molecule has 0 saturated carbocycles. The lowest BCUT2D eigenvalue weighted by atomic mass is 10.1. The van der Waals surface area contributed by atoms with Crippen LogP contribution in [0.25, 0.3) is 22.6 Å². The van der Waals surface area contributed by atoms with E-state index in [1.54, 1.807) is 10.6 Å². The summed E-state index contributed by atoms with van der Waals surface area (Å²) < 4.78 is 18.0. The van der Waals surface area contributed by atoms with E-state index < -0.39 is 21.9 Å². The summed E-state index contributed by atoms with van der Waals surface area (Å²) in [7, 11) is 4.58. The summed E-state index contributed by atoms with van der Waals surface area (Å²) in [4.78, 5) is 41.1. The van der Waals surface area contributed by atoms with Crippen molar-refractivity contribution in [3.8, 4) is 17.2 Å². The molecule has 0 aliphatic carbocycles. The highest BCUT2D eigenvalue weighted by Crippen LogP contribution is 2.41. The number of anilines is 1. The van der Waals surface area contributed by atoms with Crippen LogP contribution in [0.1, 0.15) is 17.8 Å². The molecule has 1 amide bonds. The summed E-state index contributed by atoms with van der Waals surface area (Å²) in [5.74, 6) is -0.529. The number of fused-ring (bicyclic) bond motifs is 2. The highest BCUT2D eigenvalue weighted by Gasteiger charge is 2.23. The van der Waals surface area contributed by atoms with Gasteiger partial charge >= 0.3 is 5.97 Å². The second-order valence-electron chi connectivity index (χ2n) is 7.85. The lowest BCUT2D eigenvalue weighted by Crippen LogP contribution is -2.21. The number of nitrogens with zero attached hydrogens (tertiary/aromatic N) is 2. The van der Waals surface area contributed by atoms with Gasteiger partial charge in [-0.15, -0.1) is 0 Å². The van der Waals surface area contributed by atoms with Crippen LogP contribution in [0, 0.1) is 0 Å². The maximum atomic E-state index is 13.2. The molecule has 0 spiro atoms. The predicted molar refractivity (Wildman–Crippen MR) is 140 cm³/mol. The first-order chi connectivity index (χ1) is 17.7. The number of hydrogen-bond donors (Lipinski definition) is 2. The second-order valence-corrected chi connectivity index (χ2v) is 8.61. The van der Waals surface area contributed by atoms with E-state index in [4.69, 9.17) is 42.5 Å². The quantitative estimate of drug-likeness (QED) is 0.425. The van der Waals surface area contributed by atoms with Crippen molar-refractivity contribution in [3.05, 3.63) is 62.1 Å². The predicted octanol–water partition coefficient (Wildman–Crippen LogP) is 4.08. The van der Waals surface area contributed by atoms with Gasteiger partial charge in [-0.1, -0.05) is 23.2 Å². The molecule has 10 nitrogen and oxygen atoms in total. The van der Waals surface area contributed by atoms with Crippen LogP contribution in [0.3, 0.4) is 0 Å². The van der Waals surface area contributed by atoms with E-state index in [9.17, 15) is 14.4 Å². The lowest BCUT2D eigenvalue weighted by molar-refractivity contribution is -0.132. The van der Waals surface area contributed by atoms with Gasteiger partial charge in [0.2, 0.25) is 5.75 Å². The molecule has 0 radical (unpaired) electrons. The molecule has 0 atom stereocenters. The van der Waals surface area contributed by atoms with E-state index in [0.717, 1.165) is 11.1 Å². The number of nitrogens with one attached hydrogen (secondary N) is 1. The van der Waals surface area contributed by atoms with Crippen molar-refractivity contribution < 1.29 is 28.9 Å². The SMILES string of the molecule is COc1ccc(/C=C2/CCn3c2nc2cc(NC(=O)/C(Cl)=C(/Cl)C(=O)O)ccc2c3=O)c(OC)c1OC. The van der Waals surface area contributed by atoms with E-state index in [1.807, 2.05) is 12.1 Å². The minimum Gasteiger partial charge on any atom is -0.493 e. The number of carbonyl (C=O) groups excluding carboxylic acids is 1. The second kappa shape index (κ2) is 10.5. The molecule has 0 bridgehead atoms. The zero-order valence-corrected chi connectivity index (χ0v) is 21.4. The van der Waals surface area contributed by atoms with Crippen LogP contribution in [0.5, 0.6) is 17.2 Å². The topological polar surface area (TPSA) is 129 Å². The standard InChI is InChI=1S/C25H21Cl2N3O7/c1-35-17-7-4-12(20(36-2)21(17)37-3)10-13-8-9-30-22(13)29-16-11-14(5-6-15(16)24(30)32)28-23(31)18(26)19(27)25(33)34/h4-7,10-11H,8-9H2,1-3H3,(H,28,31)(H,33,34)/b13-10-,19-18-. The Bertz CT molecular complexity index is 1560. The smallest absolute Gasteiger partial charge is 0.349 e. The van der Waals surface area contributed by atoms with Gasteiger partial charge in [-0.2, -0.15) is 0 Å². The normalized spacial score (nSPS) is 14.2. The summed E-state index contributed by atoms with van der Waals surface area (Å²) in [5, 5.41) is 10.3. The Labute approximate surface area is 220 Å². The maximum Gasteiger partial charge on any atom is 0.349 e. The van der Waals surface area contributed by atoms with E-state index in [0.29, 0.717) is 46.9 Å². The first kappa shape index (κ1) is 26.1. The fourth-order valence-corrected chi connectivity index (χ4v) is 4.25. The summed E-state index contributed by atoms with van der Waals surface area (Å²) in [6.07, 6.45) is 2.44. The molecule has 2 heterocycles. The number of carbonyl (C=O) groups is 2. The number of aliphatic carboxylic acids is 1. The number of rotatable bonds is 7. The van der Waals surface area contributed by atoms with Gasteiger partial charge in [-0.3, -0.25) is 14.2 Å². The van der Waals surface area contributed by atoms with Crippen molar-refractivity contribution in [1.82, 2.24) is 9.55 Å². The number of aromatic nitrogens is 2. The van der Waals surface area contributed by atoms with Crippen LogP contribution in [0.2, 0.25) is 0 Å². The first-order valence-electron chi connectivity index (χ1n) is 10.8. The van der Waals surface area contributed by atoms with Crippen molar-refractivity contribution in [2.45, 2.75) is 13.0 Å². The van der Waals surface area contributed by atoms with Gasteiger partial charge in [0.25, 0.3) is 11.5 Å². The Kier molecular flexibility index (Phi) is 7.42. The molecule has 0 saturated heterocycles. The molecule has 3 aromatic rings. The van der Waals surface area contributed by atoms with Crippen molar-refractivity contribution in [1.29, 1.82) is 0 Å². The maximum absolute atomic E-state index is 13.2. The molecule has 192 valence electrons. The van der Waals surface area contributed by atoms with Gasteiger partial charge in [0.05, 0.1) is 32.2 Å². The molecule has 2 aromatic carbocycles. The third-order valence-electron chi connectivity index (χ3n) is 5.75. The van der Waals surface area contributed by atoms with E-state index >= 15 is 0 Å². The number of allylic oxidation sites excluding steroid dienone is 1. The van der Waals surface area contributed by atoms with Crippen LogP contribution >= 0.6 is 23.2 Å². The van der Waals surface area contributed by atoms with Crippen LogP contribution < -0.4 is 25.1 Å². The van der Waals surface area contributed by atoms with Gasteiger partial charge in [0.15, 0.2) is 11.5 Å². The zero-order chi connectivity index (χ0) is 26.9. The molecular formula is C25H21Cl2N3O7. The summed E-state index contributed by atoms with van der Waals surface area (Å²) >= 11 is 11.3. The Balaban J connectivity index is 1.77. The fraction of sp³-hybridized carbons (Fsp3) is 0.200. The number of hydrogen-bond acceptors (Lipinski definition) is 7. The van der Waals surface area contributed by atoms with Crippen LogP contribution in [0.15, 0.2) is 45.2 Å². The molecule has 0 unspecified atom stereocenters. The average Bonchev–Trinajstić information content (AvgIpc) is 3.29. The summed E-state index contributed by atoms with van der Waals surface area (Å²) in [5.41, 5.74) is 1.89. The largest absolute Gasteiger partial charge is 0.493 e. The van der Waals surface area contributed by atoms with Gasteiger partial charge in [0.1, 0.15) is 15.9 Å². The Hall–Kier alpha value is -4.02. The van der Waals surface area contributed by atoms with Crippen LogP contribution in [-0.4, -0.2) is 47.9 Å². The summed E-state index contributed by atoms with van der Waals surface area (Å²) in [6, 6.07) is 8.11. The lowest BCUT2D eigenvalue weighted by Gasteiger charge is -2.14. The molecule has 4 rings (SSSR count). The first-order valence-corrected chi connectivity index (χ1v) is 11.6. The van der Waals surface area contributed by atoms with E-state index in [1.165, 1.54) is 39.5 Å². The summed E-state index contributed by atoms with van der Waals surface area (Å²) in [6.45, 7) is 0.450. The molecule has 37 heavy (non-hydrogen) atoms. The van der Waals surface area contributed by atoms with Crippen molar-refractivity contribution in [2.24, 2.45) is 0 Å². The van der Waals surface area contributed by atoms with Crippen molar-refractivity contribution >= 4 is 63.3 Å². The van der Waals surface area contributed by atoms with Gasteiger partial charge in [-0.05, 0) is 48.4 Å². The van der Waals surface area contributed by atoms with E-state index in [-0.39, 0.29) is 11.2 Å². The van der Waals surface area contributed by atoms with Gasteiger partial charge in [0, 0.05) is 17.8 Å². The minimum atomic E-state index is -1.53. The Morgan fingerprint density at radius 2 is 1.78 bits per heavy atom. The highest BCUT2D eigenvalue weighted by molar-refractivity contribution is 6.54. The minimum absolute atomic E-state index is 0.229. The monoisotopic (exact) mass is 545 g/mol. The molecular weight excluding hydrogens is 525 g/mol. The number of benzene rings is 2. The Morgan fingerprint density at radius 1 is 1.05 bits per heavy atom. The van der Waals surface area contributed by atoms with Gasteiger partial charge < -0.3 is 24.6 Å². The fourth-order valence-electron chi connectivity index (χ4n) is 4.04. The molecule has 1 aromatic heterocycles.